The summed E-state index contributed by atoms with van der Waals surface area (Å²) >= 11 is 0. The Hall–Kier alpha value is -2.57. The van der Waals surface area contributed by atoms with E-state index < -0.39 is 0 Å². The van der Waals surface area contributed by atoms with Crippen molar-refractivity contribution in [3.05, 3.63) is 59.7 Å². The Morgan fingerprint density at radius 2 is 1.84 bits per heavy atom. The lowest BCUT2D eigenvalue weighted by Crippen LogP contribution is -2.53. The zero-order valence-corrected chi connectivity index (χ0v) is 14.4. The van der Waals surface area contributed by atoms with Gasteiger partial charge in [0.25, 0.3) is 5.91 Å². The Morgan fingerprint density at radius 3 is 2.52 bits per heavy atom. The van der Waals surface area contributed by atoms with Crippen LogP contribution in [0.4, 0.5) is 5.69 Å². The van der Waals surface area contributed by atoms with Crippen LogP contribution in [0.2, 0.25) is 0 Å². The molecule has 1 heterocycles. The molecule has 0 aliphatic carbocycles. The lowest BCUT2D eigenvalue weighted by atomic mass is 10.1. The van der Waals surface area contributed by atoms with E-state index in [-0.39, 0.29) is 5.91 Å². The molecule has 0 unspecified atom stereocenters. The summed E-state index contributed by atoms with van der Waals surface area (Å²) in [5.74, 6) is 0.329. The Kier molecular flexibility index (Phi) is 5.53. The number of methoxy groups -OCH3 is 1. The molecule has 0 spiro atoms. The van der Waals surface area contributed by atoms with Crippen LogP contribution in [-0.2, 0) is 6.54 Å². The van der Waals surface area contributed by atoms with Crippen molar-refractivity contribution in [2.75, 3.05) is 39.0 Å². The molecule has 3 rings (SSSR count). The first-order chi connectivity index (χ1) is 12.2. The monoisotopic (exact) mass is 340 g/mol. The highest BCUT2D eigenvalue weighted by molar-refractivity contribution is 5.97. The SMILES string of the molecule is COc1ccc(N)cc1C(=O)NN1CCN(Cc2ccccc2)CC1. The Balaban J connectivity index is 1.54. The molecular formula is C19H24N4O2. The number of ether oxygens (including phenoxy) is 1. The van der Waals surface area contributed by atoms with Gasteiger partial charge < -0.3 is 10.5 Å². The van der Waals surface area contributed by atoms with Crippen molar-refractivity contribution in [3.8, 4) is 5.75 Å². The minimum Gasteiger partial charge on any atom is -0.496 e. The van der Waals surface area contributed by atoms with Gasteiger partial charge in [-0.25, -0.2) is 5.01 Å². The maximum Gasteiger partial charge on any atom is 0.269 e. The van der Waals surface area contributed by atoms with Gasteiger partial charge in [-0.05, 0) is 23.8 Å². The normalized spacial score (nSPS) is 15.7. The minimum absolute atomic E-state index is 0.194. The second-order valence-electron chi connectivity index (χ2n) is 6.15. The number of carbonyl (C=O) groups is 1. The molecular weight excluding hydrogens is 316 g/mol. The summed E-state index contributed by atoms with van der Waals surface area (Å²) in [6.07, 6.45) is 0. The van der Waals surface area contributed by atoms with Gasteiger partial charge >= 0.3 is 0 Å². The van der Waals surface area contributed by atoms with E-state index in [1.807, 2.05) is 11.1 Å². The van der Waals surface area contributed by atoms with Gasteiger partial charge in [-0.3, -0.25) is 15.1 Å². The largest absolute Gasteiger partial charge is 0.496 e. The molecule has 6 heteroatoms. The number of hydrazine groups is 1. The first-order valence-corrected chi connectivity index (χ1v) is 8.41. The zero-order chi connectivity index (χ0) is 17.6. The molecule has 0 bridgehead atoms. The van der Waals surface area contributed by atoms with Crippen molar-refractivity contribution >= 4 is 11.6 Å². The molecule has 0 saturated carbocycles. The van der Waals surface area contributed by atoms with Crippen molar-refractivity contribution in [1.82, 2.24) is 15.3 Å². The molecule has 6 nitrogen and oxygen atoms in total. The molecule has 25 heavy (non-hydrogen) atoms. The summed E-state index contributed by atoms with van der Waals surface area (Å²) in [5.41, 5.74) is 11.0. The van der Waals surface area contributed by atoms with Crippen LogP contribution in [0.1, 0.15) is 15.9 Å². The number of piperazine rings is 1. The topological polar surface area (TPSA) is 70.8 Å². The molecule has 1 saturated heterocycles. The van der Waals surface area contributed by atoms with Crippen LogP contribution in [0.25, 0.3) is 0 Å². The number of carbonyl (C=O) groups excluding carboxylic acids is 1. The van der Waals surface area contributed by atoms with E-state index in [0.29, 0.717) is 17.0 Å². The van der Waals surface area contributed by atoms with Gasteiger partial charge in [0.15, 0.2) is 0 Å². The van der Waals surface area contributed by atoms with Crippen LogP contribution < -0.4 is 15.9 Å². The van der Waals surface area contributed by atoms with Gasteiger partial charge in [0.1, 0.15) is 5.75 Å². The smallest absolute Gasteiger partial charge is 0.269 e. The fraction of sp³-hybridized carbons (Fsp3) is 0.316. The fourth-order valence-corrected chi connectivity index (χ4v) is 2.97. The Morgan fingerprint density at radius 1 is 1.12 bits per heavy atom. The van der Waals surface area contributed by atoms with Crippen molar-refractivity contribution < 1.29 is 9.53 Å². The standard InChI is InChI=1S/C19H24N4O2/c1-25-18-8-7-16(20)13-17(18)19(24)21-23-11-9-22(10-12-23)14-15-5-3-2-4-6-15/h2-8,13H,9-12,14,20H2,1H3,(H,21,24). The first kappa shape index (κ1) is 17.3. The van der Waals surface area contributed by atoms with Crippen LogP contribution in [-0.4, -0.2) is 49.1 Å². The van der Waals surface area contributed by atoms with Gasteiger partial charge in [0.2, 0.25) is 0 Å². The van der Waals surface area contributed by atoms with Gasteiger partial charge in [-0.15, -0.1) is 0 Å². The zero-order valence-electron chi connectivity index (χ0n) is 14.4. The number of nitrogens with zero attached hydrogens (tertiary/aromatic N) is 2. The maximum atomic E-state index is 12.5. The number of hydrogen-bond acceptors (Lipinski definition) is 5. The summed E-state index contributed by atoms with van der Waals surface area (Å²) in [4.78, 5) is 14.9. The molecule has 1 amide bonds. The summed E-state index contributed by atoms with van der Waals surface area (Å²) in [6, 6.07) is 15.5. The summed E-state index contributed by atoms with van der Waals surface area (Å²) in [6.45, 7) is 4.31. The summed E-state index contributed by atoms with van der Waals surface area (Å²) < 4.78 is 5.25. The highest BCUT2D eigenvalue weighted by Crippen LogP contribution is 2.21. The van der Waals surface area contributed by atoms with E-state index in [2.05, 4.69) is 34.6 Å². The molecule has 3 N–H and O–H groups in total. The maximum absolute atomic E-state index is 12.5. The lowest BCUT2D eigenvalue weighted by molar-refractivity contribution is 0.0602. The highest BCUT2D eigenvalue weighted by atomic mass is 16.5. The van der Waals surface area contributed by atoms with Crippen LogP contribution in [0.3, 0.4) is 0 Å². The van der Waals surface area contributed by atoms with Crippen LogP contribution in [0.5, 0.6) is 5.75 Å². The van der Waals surface area contributed by atoms with E-state index in [1.165, 1.54) is 5.56 Å². The van der Waals surface area contributed by atoms with Gasteiger partial charge in [0, 0.05) is 38.4 Å². The molecule has 0 aromatic heterocycles. The Bertz CT molecular complexity index is 713. The van der Waals surface area contributed by atoms with E-state index >= 15 is 0 Å². The first-order valence-electron chi connectivity index (χ1n) is 8.41. The van der Waals surface area contributed by atoms with Gasteiger partial charge in [-0.1, -0.05) is 30.3 Å². The van der Waals surface area contributed by atoms with Crippen LogP contribution >= 0.6 is 0 Å². The number of anilines is 1. The number of benzene rings is 2. The van der Waals surface area contributed by atoms with Crippen LogP contribution in [0, 0.1) is 0 Å². The predicted molar refractivity (Wildman–Crippen MR) is 98.2 cm³/mol. The number of nitrogens with one attached hydrogen (secondary N) is 1. The van der Waals surface area contributed by atoms with Crippen LogP contribution in [0.15, 0.2) is 48.5 Å². The van der Waals surface area contributed by atoms with E-state index in [1.54, 1.807) is 25.3 Å². The highest BCUT2D eigenvalue weighted by Gasteiger charge is 2.20. The van der Waals surface area contributed by atoms with Crippen molar-refractivity contribution in [2.24, 2.45) is 0 Å². The second-order valence-corrected chi connectivity index (χ2v) is 6.15. The Labute approximate surface area is 148 Å². The van der Waals surface area contributed by atoms with E-state index in [0.717, 1.165) is 32.7 Å². The minimum atomic E-state index is -0.194. The number of nitrogens with two attached hydrogens (primary N) is 1. The molecule has 1 fully saturated rings. The van der Waals surface area contributed by atoms with Crippen molar-refractivity contribution in [1.29, 1.82) is 0 Å². The summed E-state index contributed by atoms with van der Waals surface area (Å²) in [7, 11) is 1.55. The average Bonchev–Trinajstić information content (AvgIpc) is 2.64. The molecule has 2 aromatic rings. The van der Waals surface area contributed by atoms with E-state index in [9.17, 15) is 4.79 Å². The van der Waals surface area contributed by atoms with Crippen molar-refractivity contribution in [2.45, 2.75) is 6.54 Å². The lowest BCUT2D eigenvalue weighted by Gasteiger charge is -2.34. The third-order valence-corrected chi connectivity index (χ3v) is 4.35. The third kappa shape index (κ3) is 4.49. The molecule has 0 atom stereocenters. The van der Waals surface area contributed by atoms with Gasteiger partial charge in [-0.2, -0.15) is 0 Å². The quantitative estimate of drug-likeness (QED) is 0.812. The molecule has 132 valence electrons. The number of amides is 1. The molecule has 1 aliphatic heterocycles. The molecule has 0 radical (unpaired) electrons. The number of rotatable bonds is 5. The molecule has 1 aliphatic rings. The predicted octanol–water partition coefficient (Wildman–Crippen LogP) is 1.74. The number of nitrogen functional groups attached to an aromatic ring is 1. The number of hydrogen-bond donors (Lipinski definition) is 2. The fourth-order valence-electron chi connectivity index (χ4n) is 2.97. The van der Waals surface area contributed by atoms with E-state index in [4.69, 9.17) is 10.5 Å². The summed E-state index contributed by atoms with van der Waals surface area (Å²) in [5, 5.41) is 1.95. The molecule has 2 aromatic carbocycles. The third-order valence-electron chi connectivity index (χ3n) is 4.35. The average molecular weight is 340 g/mol. The van der Waals surface area contributed by atoms with Crippen molar-refractivity contribution in [3.63, 3.8) is 0 Å². The second kappa shape index (κ2) is 8.00. The van der Waals surface area contributed by atoms with Gasteiger partial charge in [0.05, 0.1) is 12.7 Å².